The number of phenols is 1. The summed E-state index contributed by atoms with van der Waals surface area (Å²) in [4.78, 5) is 27.8. The van der Waals surface area contributed by atoms with Crippen LogP contribution in [-0.2, 0) is 4.79 Å². The Morgan fingerprint density at radius 3 is 2.42 bits per heavy atom. The molecular weight excluding hydrogens is 480 g/mol. The first-order valence-electron chi connectivity index (χ1n) is 13.0. The third kappa shape index (κ3) is 5.49. The molecule has 0 atom stereocenters. The SMILES string of the molecule is CC(C)c1nn2ccccc2c1C(=O)N1CCC(c2ccc(NC(=O)COc3ccc(O)cc3)cc2)CC1. The van der Waals surface area contributed by atoms with E-state index in [2.05, 4.69) is 24.3 Å². The summed E-state index contributed by atoms with van der Waals surface area (Å²) in [7, 11) is 0. The lowest BCUT2D eigenvalue weighted by Crippen LogP contribution is -2.38. The minimum absolute atomic E-state index is 0.0564. The van der Waals surface area contributed by atoms with E-state index in [4.69, 9.17) is 4.74 Å². The van der Waals surface area contributed by atoms with Crippen LogP contribution in [0.15, 0.2) is 72.9 Å². The van der Waals surface area contributed by atoms with E-state index >= 15 is 0 Å². The molecule has 2 aromatic carbocycles. The van der Waals surface area contributed by atoms with Crippen LogP contribution in [0.2, 0.25) is 0 Å². The lowest BCUT2D eigenvalue weighted by Gasteiger charge is -2.32. The van der Waals surface area contributed by atoms with Crippen molar-refractivity contribution in [2.75, 3.05) is 25.0 Å². The number of benzene rings is 2. The molecule has 1 fully saturated rings. The van der Waals surface area contributed by atoms with Gasteiger partial charge in [-0.05, 0) is 78.8 Å². The average molecular weight is 513 g/mol. The Morgan fingerprint density at radius 1 is 1.03 bits per heavy atom. The highest BCUT2D eigenvalue weighted by molar-refractivity contribution is 6.02. The van der Waals surface area contributed by atoms with Crippen molar-refractivity contribution in [3.63, 3.8) is 0 Å². The Kier molecular flexibility index (Phi) is 7.31. The Labute approximate surface area is 221 Å². The van der Waals surface area contributed by atoms with Gasteiger partial charge in [-0.25, -0.2) is 4.52 Å². The standard InChI is InChI=1S/C30H32N4O4/c1-20(2)29-28(26-5-3-4-16-34(26)32-29)30(37)33-17-14-22(15-18-33)21-6-8-23(9-7-21)31-27(36)19-38-25-12-10-24(35)11-13-25/h3-13,16,20,22,35H,14-15,17-19H2,1-2H3,(H,31,36). The van der Waals surface area contributed by atoms with Crippen LogP contribution >= 0.6 is 0 Å². The summed E-state index contributed by atoms with van der Waals surface area (Å²) in [6, 6.07) is 19.9. The van der Waals surface area contributed by atoms with E-state index in [1.165, 1.54) is 17.7 Å². The van der Waals surface area contributed by atoms with Gasteiger partial charge in [-0.1, -0.05) is 32.0 Å². The van der Waals surface area contributed by atoms with Crippen molar-refractivity contribution in [2.45, 2.75) is 38.5 Å². The molecule has 1 aliphatic heterocycles. The normalized spacial score (nSPS) is 14.1. The number of pyridine rings is 1. The second kappa shape index (κ2) is 11.0. The molecule has 2 amide bonds. The van der Waals surface area contributed by atoms with Gasteiger partial charge in [0.1, 0.15) is 11.5 Å². The van der Waals surface area contributed by atoms with Gasteiger partial charge in [0.05, 0.1) is 16.8 Å². The highest BCUT2D eigenvalue weighted by Gasteiger charge is 2.29. The third-order valence-corrected chi connectivity index (χ3v) is 6.98. The van der Waals surface area contributed by atoms with Crippen LogP contribution < -0.4 is 10.1 Å². The minimum Gasteiger partial charge on any atom is -0.508 e. The first-order chi connectivity index (χ1) is 18.4. The van der Waals surface area contributed by atoms with Crippen LogP contribution in [0, 0.1) is 0 Å². The van der Waals surface area contributed by atoms with Crippen molar-refractivity contribution in [1.29, 1.82) is 0 Å². The van der Waals surface area contributed by atoms with E-state index in [0.29, 0.717) is 36.0 Å². The zero-order chi connectivity index (χ0) is 26.6. The fraction of sp³-hybridized carbons (Fsp3) is 0.300. The summed E-state index contributed by atoms with van der Waals surface area (Å²) in [5.74, 6) is 0.971. The number of ether oxygens (including phenoxy) is 1. The largest absolute Gasteiger partial charge is 0.508 e. The summed E-state index contributed by atoms with van der Waals surface area (Å²) >= 11 is 0. The van der Waals surface area contributed by atoms with E-state index in [1.54, 1.807) is 16.6 Å². The van der Waals surface area contributed by atoms with Gasteiger partial charge < -0.3 is 20.1 Å². The first kappa shape index (κ1) is 25.3. The summed E-state index contributed by atoms with van der Waals surface area (Å²) < 4.78 is 7.25. The highest BCUT2D eigenvalue weighted by Crippen LogP contribution is 2.31. The fourth-order valence-electron chi connectivity index (χ4n) is 4.94. The second-order valence-electron chi connectivity index (χ2n) is 9.96. The number of phenolic OH excluding ortho intramolecular Hbond substituents is 1. The van der Waals surface area contributed by atoms with Gasteiger partial charge in [0, 0.05) is 25.0 Å². The lowest BCUT2D eigenvalue weighted by molar-refractivity contribution is -0.118. The maximum absolute atomic E-state index is 13.6. The van der Waals surface area contributed by atoms with Gasteiger partial charge in [0.2, 0.25) is 0 Å². The van der Waals surface area contributed by atoms with Gasteiger partial charge in [-0.2, -0.15) is 5.10 Å². The number of amides is 2. The highest BCUT2D eigenvalue weighted by atomic mass is 16.5. The molecule has 196 valence electrons. The molecule has 8 heteroatoms. The van der Waals surface area contributed by atoms with E-state index in [0.717, 1.165) is 24.1 Å². The van der Waals surface area contributed by atoms with Crippen LogP contribution in [0.1, 0.15) is 60.1 Å². The number of rotatable bonds is 7. The van der Waals surface area contributed by atoms with Crippen molar-refractivity contribution in [3.8, 4) is 11.5 Å². The van der Waals surface area contributed by atoms with Crippen molar-refractivity contribution < 1.29 is 19.4 Å². The van der Waals surface area contributed by atoms with Gasteiger partial charge in [-0.15, -0.1) is 0 Å². The molecule has 1 saturated heterocycles. The molecule has 0 saturated carbocycles. The number of hydrogen-bond donors (Lipinski definition) is 2. The molecule has 0 spiro atoms. The molecule has 1 aliphatic rings. The number of anilines is 1. The van der Waals surface area contributed by atoms with Crippen molar-refractivity contribution in [2.24, 2.45) is 0 Å². The molecule has 3 heterocycles. The molecule has 0 unspecified atom stereocenters. The van der Waals surface area contributed by atoms with Crippen molar-refractivity contribution in [3.05, 3.63) is 89.7 Å². The quantitative estimate of drug-likeness (QED) is 0.355. The number of nitrogens with zero attached hydrogens (tertiary/aromatic N) is 3. The lowest BCUT2D eigenvalue weighted by atomic mass is 9.89. The Bertz CT molecular complexity index is 1420. The number of fused-ring (bicyclic) bond motifs is 1. The number of aromatic hydroxyl groups is 1. The number of hydrogen-bond acceptors (Lipinski definition) is 5. The van der Waals surface area contributed by atoms with E-state index in [9.17, 15) is 14.7 Å². The van der Waals surface area contributed by atoms with Crippen molar-refractivity contribution in [1.82, 2.24) is 14.5 Å². The second-order valence-corrected chi connectivity index (χ2v) is 9.96. The number of carbonyl (C=O) groups excluding carboxylic acids is 2. The molecule has 4 aromatic rings. The van der Waals surface area contributed by atoms with Crippen LogP contribution in [0.3, 0.4) is 0 Å². The topological polar surface area (TPSA) is 96.2 Å². The van der Waals surface area contributed by atoms with Crippen molar-refractivity contribution >= 4 is 23.0 Å². The monoisotopic (exact) mass is 512 g/mol. The Morgan fingerprint density at radius 2 is 1.74 bits per heavy atom. The van der Waals surface area contributed by atoms with Gasteiger partial charge in [-0.3, -0.25) is 9.59 Å². The molecule has 2 aromatic heterocycles. The molecule has 38 heavy (non-hydrogen) atoms. The zero-order valence-electron chi connectivity index (χ0n) is 21.6. The molecule has 0 bridgehead atoms. The van der Waals surface area contributed by atoms with Gasteiger partial charge in [0.25, 0.3) is 11.8 Å². The summed E-state index contributed by atoms with van der Waals surface area (Å²) in [6.45, 7) is 5.40. The molecule has 5 rings (SSSR count). The zero-order valence-corrected chi connectivity index (χ0v) is 21.6. The molecule has 0 aliphatic carbocycles. The number of piperidine rings is 1. The first-order valence-corrected chi connectivity index (χ1v) is 13.0. The summed E-state index contributed by atoms with van der Waals surface area (Å²) in [5, 5.41) is 16.8. The van der Waals surface area contributed by atoms with E-state index in [1.807, 2.05) is 53.6 Å². The predicted octanol–water partition coefficient (Wildman–Crippen LogP) is 5.20. The van der Waals surface area contributed by atoms with E-state index in [-0.39, 0.29) is 30.1 Å². The van der Waals surface area contributed by atoms with Crippen LogP contribution in [0.25, 0.3) is 5.52 Å². The fourth-order valence-corrected chi connectivity index (χ4v) is 4.94. The van der Waals surface area contributed by atoms with Crippen LogP contribution in [0.5, 0.6) is 11.5 Å². The van der Waals surface area contributed by atoms with Gasteiger partial charge >= 0.3 is 0 Å². The van der Waals surface area contributed by atoms with Crippen LogP contribution in [0.4, 0.5) is 5.69 Å². The Balaban J connectivity index is 1.16. The number of nitrogens with one attached hydrogen (secondary N) is 1. The summed E-state index contributed by atoms with van der Waals surface area (Å²) in [6.07, 6.45) is 3.65. The number of likely N-dealkylation sites (tertiary alicyclic amines) is 1. The van der Waals surface area contributed by atoms with Crippen LogP contribution in [-0.4, -0.2) is 51.1 Å². The molecule has 0 radical (unpaired) electrons. The minimum atomic E-state index is -0.258. The number of carbonyl (C=O) groups is 2. The predicted molar refractivity (Wildman–Crippen MR) is 146 cm³/mol. The maximum atomic E-state index is 13.6. The molecule has 2 N–H and O–H groups in total. The maximum Gasteiger partial charge on any atom is 0.262 e. The molecule has 8 nitrogen and oxygen atoms in total. The Hall–Kier alpha value is -4.33. The average Bonchev–Trinajstić information content (AvgIpc) is 3.33. The summed E-state index contributed by atoms with van der Waals surface area (Å²) in [5.41, 5.74) is 4.32. The smallest absolute Gasteiger partial charge is 0.262 e. The van der Waals surface area contributed by atoms with E-state index < -0.39 is 0 Å². The third-order valence-electron chi connectivity index (χ3n) is 6.98. The molecular formula is C30H32N4O4. The number of aromatic nitrogens is 2. The van der Waals surface area contributed by atoms with Gasteiger partial charge in [0.15, 0.2) is 6.61 Å².